The van der Waals surface area contributed by atoms with Crippen LogP contribution >= 0.6 is 0 Å². The van der Waals surface area contributed by atoms with Gasteiger partial charge in [-0.25, -0.2) is 0 Å². The van der Waals surface area contributed by atoms with Gasteiger partial charge in [0.1, 0.15) is 0 Å². The van der Waals surface area contributed by atoms with Crippen LogP contribution in [0.25, 0.3) is 0 Å². The fourth-order valence-corrected chi connectivity index (χ4v) is 2.13. The third-order valence-corrected chi connectivity index (χ3v) is 3.21. The first-order chi connectivity index (χ1) is 8.83. The smallest absolute Gasteiger partial charge is 0.150 e. The van der Waals surface area contributed by atoms with Crippen LogP contribution in [-0.4, -0.2) is 56.6 Å². The number of aromatic nitrogens is 2. The Hall–Kier alpha value is -1.40. The summed E-state index contributed by atoms with van der Waals surface area (Å²) in [6, 6.07) is 2.61. The van der Waals surface area contributed by atoms with Crippen molar-refractivity contribution >= 4 is 11.5 Å². The van der Waals surface area contributed by atoms with Crippen LogP contribution in [0.3, 0.4) is 0 Å². The van der Waals surface area contributed by atoms with Crippen LogP contribution < -0.4 is 15.5 Å². The summed E-state index contributed by atoms with van der Waals surface area (Å²) in [6.45, 7) is 3.50. The topological polar surface area (TPSA) is 62.3 Å². The molecule has 0 amide bonds. The van der Waals surface area contributed by atoms with Crippen molar-refractivity contribution in [2.24, 2.45) is 0 Å². The number of hydrogen-bond acceptors (Lipinski definition) is 6. The van der Waals surface area contributed by atoms with Crippen LogP contribution in [0.2, 0.25) is 0 Å². The second-order valence-electron chi connectivity index (χ2n) is 4.44. The van der Waals surface area contributed by atoms with Crippen LogP contribution in [0.1, 0.15) is 6.42 Å². The van der Waals surface area contributed by atoms with Crippen molar-refractivity contribution in [2.45, 2.75) is 12.5 Å². The maximum atomic E-state index is 4.99. The Labute approximate surface area is 108 Å². The molecule has 1 aromatic heterocycles. The summed E-state index contributed by atoms with van der Waals surface area (Å²) in [4.78, 5) is 2.33. The highest BCUT2D eigenvalue weighted by atomic mass is 16.5. The average Bonchev–Trinajstić information content (AvgIpc) is 2.88. The number of nitrogens with zero attached hydrogens (tertiary/aromatic N) is 3. The number of anilines is 2. The molecule has 1 aromatic rings. The fraction of sp³-hybridized carbons (Fsp3) is 0.667. The van der Waals surface area contributed by atoms with Crippen molar-refractivity contribution < 1.29 is 4.74 Å². The lowest BCUT2D eigenvalue weighted by molar-refractivity contribution is 0.210. The number of nitrogens with one attached hydrogen (secondary N) is 2. The molecule has 1 atom stereocenters. The van der Waals surface area contributed by atoms with Gasteiger partial charge in [0.05, 0.1) is 18.5 Å². The Morgan fingerprint density at radius 2 is 2.44 bits per heavy atom. The minimum Gasteiger partial charge on any atom is -0.383 e. The van der Waals surface area contributed by atoms with E-state index in [0.29, 0.717) is 12.6 Å². The lowest BCUT2D eigenvalue weighted by Crippen LogP contribution is -2.29. The van der Waals surface area contributed by atoms with E-state index in [4.69, 9.17) is 4.74 Å². The van der Waals surface area contributed by atoms with Crippen molar-refractivity contribution in [3.05, 3.63) is 12.3 Å². The van der Waals surface area contributed by atoms with Crippen molar-refractivity contribution in [3.8, 4) is 0 Å². The molecule has 1 aliphatic rings. The third-order valence-electron chi connectivity index (χ3n) is 3.21. The van der Waals surface area contributed by atoms with E-state index in [1.54, 1.807) is 7.11 Å². The largest absolute Gasteiger partial charge is 0.383 e. The Balaban J connectivity index is 1.94. The fourth-order valence-electron chi connectivity index (χ4n) is 2.13. The van der Waals surface area contributed by atoms with E-state index in [1.165, 1.54) is 6.42 Å². The summed E-state index contributed by atoms with van der Waals surface area (Å²) in [5, 5.41) is 14.6. The Kier molecular flexibility index (Phi) is 4.72. The zero-order valence-electron chi connectivity index (χ0n) is 11.0. The lowest BCUT2D eigenvalue weighted by atomic mass is 10.3. The molecule has 2 rings (SSSR count). The molecule has 6 heteroatoms. The summed E-state index contributed by atoms with van der Waals surface area (Å²) in [5.74, 6) is 0.803. The van der Waals surface area contributed by atoms with Crippen LogP contribution in [-0.2, 0) is 4.74 Å². The molecule has 18 heavy (non-hydrogen) atoms. The van der Waals surface area contributed by atoms with E-state index >= 15 is 0 Å². The normalized spacial score (nSPS) is 19.2. The number of methoxy groups -OCH3 is 1. The van der Waals surface area contributed by atoms with Gasteiger partial charge in [0.2, 0.25) is 0 Å². The third kappa shape index (κ3) is 3.30. The van der Waals surface area contributed by atoms with E-state index in [9.17, 15) is 0 Å². The lowest BCUT2D eigenvalue weighted by Gasteiger charge is -2.18. The first kappa shape index (κ1) is 13.0. The summed E-state index contributed by atoms with van der Waals surface area (Å²) in [6.07, 6.45) is 2.99. The van der Waals surface area contributed by atoms with Crippen LogP contribution in [0.4, 0.5) is 11.5 Å². The summed E-state index contributed by atoms with van der Waals surface area (Å²) in [7, 11) is 3.70. The predicted octanol–water partition coefficient (Wildman–Crippen LogP) is 0.333. The molecule has 0 spiro atoms. The zero-order chi connectivity index (χ0) is 12.8. The van der Waals surface area contributed by atoms with E-state index in [-0.39, 0.29) is 0 Å². The zero-order valence-corrected chi connectivity index (χ0v) is 11.0. The quantitative estimate of drug-likeness (QED) is 0.711. The van der Waals surface area contributed by atoms with Crippen molar-refractivity contribution in [1.29, 1.82) is 0 Å². The van der Waals surface area contributed by atoms with E-state index in [2.05, 4.69) is 25.7 Å². The minimum absolute atomic E-state index is 0.572. The molecule has 0 unspecified atom stereocenters. The van der Waals surface area contributed by atoms with Crippen molar-refractivity contribution in [2.75, 3.05) is 50.6 Å². The van der Waals surface area contributed by atoms with Gasteiger partial charge in [-0.1, -0.05) is 0 Å². The number of likely N-dealkylation sites (N-methyl/N-ethyl adjacent to an activating group) is 1. The van der Waals surface area contributed by atoms with Gasteiger partial charge < -0.3 is 20.3 Å². The molecular weight excluding hydrogens is 230 g/mol. The molecule has 0 radical (unpaired) electrons. The van der Waals surface area contributed by atoms with Crippen molar-refractivity contribution in [1.82, 2.24) is 15.5 Å². The monoisotopic (exact) mass is 251 g/mol. The molecule has 0 saturated carbocycles. The SMILES string of the molecule is CN[C@@H]1CCN(c2cnnc(NCCOC)c2)C1. The average molecular weight is 251 g/mol. The predicted molar refractivity (Wildman–Crippen MR) is 72.1 cm³/mol. The molecule has 2 N–H and O–H groups in total. The summed E-state index contributed by atoms with van der Waals surface area (Å²) < 4.78 is 4.99. The van der Waals surface area contributed by atoms with Gasteiger partial charge >= 0.3 is 0 Å². The van der Waals surface area contributed by atoms with Crippen LogP contribution in [0.15, 0.2) is 12.3 Å². The standard InChI is InChI=1S/C12H21N5O/c1-13-10-3-5-17(9-10)11-7-12(16-15-8-11)14-4-6-18-2/h7-8,10,13H,3-6,9H2,1-2H3,(H,14,16)/t10-/m1/s1. The van der Waals surface area contributed by atoms with E-state index < -0.39 is 0 Å². The van der Waals surface area contributed by atoms with Gasteiger partial charge in [0.15, 0.2) is 5.82 Å². The molecule has 6 nitrogen and oxygen atoms in total. The van der Waals surface area contributed by atoms with Crippen LogP contribution in [0.5, 0.6) is 0 Å². The molecular formula is C12H21N5O. The second kappa shape index (κ2) is 6.51. The number of rotatable bonds is 6. The van der Waals surface area contributed by atoms with E-state index in [1.807, 2.05) is 19.3 Å². The van der Waals surface area contributed by atoms with Gasteiger partial charge in [0, 0.05) is 38.9 Å². The molecule has 1 fully saturated rings. The first-order valence-electron chi connectivity index (χ1n) is 6.31. The first-order valence-corrected chi connectivity index (χ1v) is 6.31. The highest BCUT2D eigenvalue weighted by Crippen LogP contribution is 2.20. The molecule has 2 heterocycles. The van der Waals surface area contributed by atoms with Gasteiger partial charge in [-0.3, -0.25) is 0 Å². The van der Waals surface area contributed by atoms with Gasteiger partial charge in [-0.15, -0.1) is 5.10 Å². The van der Waals surface area contributed by atoms with Crippen LogP contribution in [0, 0.1) is 0 Å². The summed E-state index contributed by atoms with van der Waals surface area (Å²) >= 11 is 0. The maximum Gasteiger partial charge on any atom is 0.150 e. The van der Waals surface area contributed by atoms with Gasteiger partial charge in [-0.05, 0) is 13.5 Å². The van der Waals surface area contributed by atoms with Gasteiger partial charge in [-0.2, -0.15) is 5.10 Å². The molecule has 0 bridgehead atoms. The maximum absolute atomic E-state index is 4.99. The highest BCUT2D eigenvalue weighted by Gasteiger charge is 2.21. The van der Waals surface area contributed by atoms with E-state index in [0.717, 1.165) is 31.1 Å². The van der Waals surface area contributed by atoms with Crippen molar-refractivity contribution in [3.63, 3.8) is 0 Å². The molecule has 0 aliphatic carbocycles. The minimum atomic E-state index is 0.572. The highest BCUT2D eigenvalue weighted by molar-refractivity contribution is 5.52. The number of hydrogen-bond donors (Lipinski definition) is 2. The Morgan fingerprint density at radius 3 is 3.17 bits per heavy atom. The molecule has 0 aromatic carbocycles. The van der Waals surface area contributed by atoms with Gasteiger partial charge in [0.25, 0.3) is 0 Å². The summed E-state index contributed by atoms with van der Waals surface area (Å²) in [5.41, 5.74) is 1.13. The number of ether oxygens (including phenoxy) is 1. The second-order valence-corrected chi connectivity index (χ2v) is 4.44. The Morgan fingerprint density at radius 1 is 1.56 bits per heavy atom. The molecule has 1 aliphatic heterocycles. The Bertz CT molecular complexity index is 373. The molecule has 1 saturated heterocycles. The molecule has 100 valence electrons.